The number of imidazole rings is 1. The molecule has 10 nitrogen and oxygen atoms in total. The maximum absolute atomic E-state index is 10.7. The molecule has 1 aliphatic heterocycles. The first-order valence-electron chi connectivity index (χ1n) is 11.8. The SMILES string of the molecule is C[C@H]1O[C@@H](n2c(NC3CCC(C)(O)CC3)nc3c(OCc4ccc(Cl)cc4)ncnc32)[C@H](O)[C@@H]1O. The molecule has 11 heteroatoms. The lowest BCUT2D eigenvalue weighted by Gasteiger charge is -2.34. The molecule has 1 saturated carbocycles. The van der Waals surface area contributed by atoms with E-state index in [2.05, 4.69) is 15.3 Å². The second-order valence-electron chi connectivity index (χ2n) is 9.70. The molecule has 1 aliphatic carbocycles. The van der Waals surface area contributed by atoms with Gasteiger partial charge in [-0.2, -0.15) is 4.98 Å². The van der Waals surface area contributed by atoms with E-state index >= 15 is 0 Å². The molecule has 0 spiro atoms. The van der Waals surface area contributed by atoms with Crippen molar-refractivity contribution in [3.63, 3.8) is 0 Å². The highest BCUT2D eigenvalue weighted by molar-refractivity contribution is 6.30. The number of nitrogens with zero attached hydrogens (tertiary/aromatic N) is 4. The number of aliphatic hydroxyl groups is 3. The van der Waals surface area contributed by atoms with Gasteiger partial charge in [-0.15, -0.1) is 0 Å². The second-order valence-corrected chi connectivity index (χ2v) is 10.1. The monoisotopic (exact) mass is 503 g/mol. The zero-order valence-electron chi connectivity index (χ0n) is 19.6. The fourth-order valence-electron chi connectivity index (χ4n) is 4.68. The topological polar surface area (TPSA) is 135 Å². The number of aliphatic hydroxyl groups excluding tert-OH is 2. The van der Waals surface area contributed by atoms with Crippen LogP contribution in [0.3, 0.4) is 0 Å². The number of hydrogen-bond acceptors (Lipinski definition) is 9. The Morgan fingerprint density at radius 1 is 1.17 bits per heavy atom. The Morgan fingerprint density at radius 3 is 2.54 bits per heavy atom. The third-order valence-corrected chi connectivity index (χ3v) is 7.11. The van der Waals surface area contributed by atoms with Gasteiger partial charge < -0.3 is 30.1 Å². The summed E-state index contributed by atoms with van der Waals surface area (Å²) >= 11 is 5.97. The van der Waals surface area contributed by atoms with Crippen LogP contribution in [0.15, 0.2) is 30.6 Å². The molecule has 188 valence electrons. The summed E-state index contributed by atoms with van der Waals surface area (Å²) in [6, 6.07) is 7.39. The predicted molar refractivity (Wildman–Crippen MR) is 129 cm³/mol. The van der Waals surface area contributed by atoms with E-state index in [4.69, 9.17) is 26.1 Å². The molecule has 0 bridgehead atoms. The lowest BCUT2D eigenvalue weighted by atomic mass is 9.84. The van der Waals surface area contributed by atoms with E-state index in [9.17, 15) is 15.3 Å². The van der Waals surface area contributed by atoms with Crippen LogP contribution in [0.1, 0.15) is 51.3 Å². The van der Waals surface area contributed by atoms with Gasteiger partial charge in [-0.3, -0.25) is 4.57 Å². The quantitative estimate of drug-likeness (QED) is 0.400. The van der Waals surface area contributed by atoms with Crippen molar-refractivity contribution in [1.82, 2.24) is 19.5 Å². The highest BCUT2D eigenvalue weighted by Gasteiger charge is 2.43. The highest BCUT2D eigenvalue weighted by Crippen LogP contribution is 2.37. The van der Waals surface area contributed by atoms with E-state index in [1.807, 2.05) is 19.1 Å². The molecule has 0 amide bonds. The predicted octanol–water partition coefficient (Wildman–Crippen LogP) is 2.80. The van der Waals surface area contributed by atoms with E-state index in [1.165, 1.54) is 6.33 Å². The van der Waals surface area contributed by atoms with Crippen LogP contribution >= 0.6 is 11.6 Å². The van der Waals surface area contributed by atoms with Crippen molar-refractivity contribution in [2.24, 2.45) is 0 Å². The normalized spacial score (nSPS) is 31.1. The van der Waals surface area contributed by atoms with Crippen molar-refractivity contribution in [2.45, 2.75) is 82.3 Å². The molecule has 0 unspecified atom stereocenters. The minimum absolute atomic E-state index is 0.0677. The van der Waals surface area contributed by atoms with Crippen LogP contribution in [0.2, 0.25) is 5.02 Å². The summed E-state index contributed by atoms with van der Waals surface area (Å²) in [5.74, 6) is 0.730. The van der Waals surface area contributed by atoms with Gasteiger partial charge in [0.25, 0.3) is 0 Å². The minimum Gasteiger partial charge on any atom is -0.471 e. The molecule has 2 aromatic heterocycles. The van der Waals surface area contributed by atoms with Gasteiger partial charge in [-0.1, -0.05) is 23.7 Å². The van der Waals surface area contributed by atoms with Crippen LogP contribution in [0, 0.1) is 0 Å². The molecule has 1 saturated heterocycles. The van der Waals surface area contributed by atoms with E-state index in [1.54, 1.807) is 23.6 Å². The Hall–Kier alpha value is -2.50. The summed E-state index contributed by atoms with van der Waals surface area (Å²) < 4.78 is 13.6. The Kier molecular flexibility index (Phi) is 6.58. The number of fused-ring (bicyclic) bond motifs is 1. The zero-order valence-corrected chi connectivity index (χ0v) is 20.4. The number of rotatable bonds is 6. The summed E-state index contributed by atoms with van der Waals surface area (Å²) in [5, 5.41) is 35.5. The minimum atomic E-state index is -1.16. The van der Waals surface area contributed by atoms with Crippen molar-refractivity contribution in [3.8, 4) is 5.88 Å². The Bertz CT molecular complexity index is 1180. The van der Waals surface area contributed by atoms with Gasteiger partial charge >= 0.3 is 0 Å². The zero-order chi connectivity index (χ0) is 24.7. The number of ether oxygens (including phenoxy) is 2. The molecule has 4 atom stereocenters. The van der Waals surface area contributed by atoms with Crippen molar-refractivity contribution < 1.29 is 24.8 Å². The third kappa shape index (κ3) is 4.94. The van der Waals surface area contributed by atoms with Crippen molar-refractivity contribution in [1.29, 1.82) is 0 Å². The smallest absolute Gasteiger partial charge is 0.245 e. The number of aromatic nitrogens is 4. The van der Waals surface area contributed by atoms with E-state index < -0.39 is 30.1 Å². The molecule has 2 aliphatic rings. The first-order valence-corrected chi connectivity index (χ1v) is 12.2. The molecular formula is C24H30ClN5O5. The molecule has 4 N–H and O–H groups in total. The summed E-state index contributed by atoms with van der Waals surface area (Å²) in [6.45, 7) is 3.82. The largest absolute Gasteiger partial charge is 0.471 e. The van der Waals surface area contributed by atoms with E-state index in [0.717, 1.165) is 18.4 Å². The number of nitrogens with one attached hydrogen (secondary N) is 1. The standard InChI is InChI=1S/C24H30ClN5O5/c1-13-18(31)19(32)22(35-13)30-20-17(29-23(30)28-16-7-9-24(2,33)10-8-16)21(27-12-26-20)34-11-14-3-5-15(25)6-4-14/h3-6,12-13,16,18-19,22,31-33H,7-11H2,1-2H3,(H,28,29)/t13-,16?,18-,19-,22-,24?/m1/s1. The summed E-state index contributed by atoms with van der Waals surface area (Å²) in [6.07, 6.45) is 0.563. The maximum Gasteiger partial charge on any atom is 0.245 e. The van der Waals surface area contributed by atoms with Crippen LogP contribution in [0.4, 0.5) is 5.95 Å². The first-order chi connectivity index (χ1) is 16.7. The molecular weight excluding hydrogens is 474 g/mol. The lowest BCUT2D eigenvalue weighted by Crippen LogP contribution is -2.37. The van der Waals surface area contributed by atoms with Crippen LogP contribution in [-0.2, 0) is 11.3 Å². The van der Waals surface area contributed by atoms with Crippen LogP contribution in [0.25, 0.3) is 11.2 Å². The average Bonchev–Trinajstić information content (AvgIpc) is 3.32. The molecule has 3 aromatic rings. The number of benzene rings is 1. The van der Waals surface area contributed by atoms with Crippen molar-refractivity contribution in [3.05, 3.63) is 41.2 Å². The van der Waals surface area contributed by atoms with Crippen molar-refractivity contribution >= 4 is 28.7 Å². The molecule has 2 fully saturated rings. The molecule has 5 rings (SSSR count). The summed E-state index contributed by atoms with van der Waals surface area (Å²) in [4.78, 5) is 13.4. The molecule has 1 aromatic carbocycles. The van der Waals surface area contributed by atoms with Gasteiger partial charge in [0.1, 0.15) is 25.1 Å². The second kappa shape index (κ2) is 9.51. The van der Waals surface area contributed by atoms with E-state index in [0.29, 0.717) is 40.9 Å². The number of hydrogen-bond donors (Lipinski definition) is 4. The Morgan fingerprint density at radius 2 is 1.89 bits per heavy atom. The molecule has 3 heterocycles. The average molecular weight is 504 g/mol. The fourth-order valence-corrected chi connectivity index (χ4v) is 4.80. The van der Waals surface area contributed by atoms with E-state index in [-0.39, 0.29) is 12.6 Å². The van der Waals surface area contributed by atoms with Crippen LogP contribution < -0.4 is 10.1 Å². The molecule has 0 radical (unpaired) electrons. The Labute approximate surface area is 207 Å². The van der Waals surface area contributed by atoms with Gasteiger partial charge in [-0.05, 0) is 57.2 Å². The first kappa shape index (κ1) is 24.2. The van der Waals surface area contributed by atoms with Gasteiger partial charge in [0, 0.05) is 11.1 Å². The van der Waals surface area contributed by atoms with Gasteiger partial charge in [-0.25, -0.2) is 9.97 Å². The summed E-state index contributed by atoms with van der Waals surface area (Å²) in [7, 11) is 0. The molecule has 35 heavy (non-hydrogen) atoms. The number of halogens is 1. The van der Waals surface area contributed by atoms with Gasteiger partial charge in [0.15, 0.2) is 17.4 Å². The summed E-state index contributed by atoms with van der Waals surface area (Å²) in [5.41, 5.74) is 1.08. The van der Waals surface area contributed by atoms with Gasteiger partial charge in [0.05, 0.1) is 11.7 Å². The lowest BCUT2D eigenvalue weighted by molar-refractivity contribution is -0.0289. The van der Waals surface area contributed by atoms with Crippen LogP contribution in [-0.4, -0.2) is 64.8 Å². The van der Waals surface area contributed by atoms with Gasteiger partial charge in [0.2, 0.25) is 11.8 Å². The highest BCUT2D eigenvalue weighted by atomic mass is 35.5. The van der Waals surface area contributed by atoms with Crippen LogP contribution in [0.5, 0.6) is 5.88 Å². The maximum atomic E-state index is 10.7. The third-order valence-electron chi connectivity index (χ3n) is 6.86. The Balaban J connectivity index is 1.48. The van der Waals surface area contributed by atoms with Crippen molar-refractivity contribution in [2.75, 3.05) is 5.32 Å². The fraction of sp³-hybridized carbons (Fsp3) is 0.542. The number of anilines is 1.